The van der Waals surface area contributed by atoms with E-state index in [9.17, 15) is 9.59 Å². The van der Waals surface area contributed by atoms with Crippen molar-refractivity contribution in [2.45, 2.75) is 26.4 Å². The monoisotopic (exact) mass is 365 g/mol. The number of ether oxygens (including phenoxy) is 1. The van der Waals surface area contributed by atoms with E-state index in [1.54, 1.807) is 12.1 Å². The van der Waals surface area contributed by atoms with Crippen LogP contribution >= 0.6 is 23.2 Å². The van der Waals surface area contributed by atoms with Crippen molar-refractivity contribution in [1.82, 2.24) is 0 Å². The van der Waals surface area contributed by atoms with E-state index >= 15 is 0 Å². The molecule has 0 aliphatic carbocycles. The largest absolute Gasteiger partial charge is 0.451 e. The van der Waals surface area contributed by atoms with E-state index in [1.807, 2.05) is 19.1 Å². The third-order valence-electron chi connectivity index (χ3n) is 3.61. The maximum absolute atomic E-state index is 12.4. The third-order valence-corrected chi connectivity index (χ3v) is 4.14. The van der Waals surface area contributed by atoms with E-state index in [4.69, 9.17) is 33.7 Å². The molecule has 4 nitrogen and oxygen atoms in total. The normalized spacial score (nSPS) is 11.8. The van der Waals surface area contributed by atoms with Crippen LogP contribution in [0, 0.1) is 0 Å². The zero-order valence-electron chi connectivity index (χ0n) is 13.3. The van der Waals surface area contributed by atoms with Gasteiger partial charge in [-0.15, -0.1) is 0 Å². The zero-order chi connectivity index (χ0) is 17.9. The van der Waals surface area contributed by atoms with Crippen molar-refractivity contribution in [3.63, 3.8) is 0 Å². The van der Waals surface area contributed by atoms with E-state index in [0.29, 0.717) is 5.56 Å². The minimum atomic E-state index is -0.956. The quantitative estimate of drug-likeness (QED) is 0.478. The van der Waals surface area contributed by atoms with Crippen LogP contribution < -0.4 is 5.73 Å². The number of nitrogens with two attached hydrogens (primary N) is 1. The summed E-state index contributed by atoms with van der Waals surface area (Å²) >= 11 is 11.8. The van der Waals surface area contributed by atoms with Crippen molar-refractivity contribution in [2.75, 3.05) is 5.73 Å². The number of halogens is 2. The van der Waals surface area contributed by atoms with Gasteiger partial charge in [-0.2, -0.15) is 0 Å². The number of anilines is 1. The molecular formula is C18H17Cl2NO3. The Bertz CT molecular complexity index is 773. The number of Topliss-reactive ketones (excluding diaryl/α,β-unsaturated/α-hetero) is 1. The first kappa shape index (κ1) is 18.3. The van der Waals surface area contributed by atoms with Gasteiger partial charge in [-0.1, -0.05) is 54.4 Å². The summed E-state index contributed by atoms with van der Waals surface area (Å²) < 4.78 is 5.21. The lowest BCUT2D eigenvalue weighted by Gasteiger charge is -2.14. The summed E-state index contributed by atoms with van der Waals surface area (Å²) in [6, 6.07) is 9.97. The Kier molecular flexibility index (Phi) is 5.86. The molecule has 0 saturated heterocycles. The fourth-order valence-corrected chi connectivity index (χ4v) is 2.66. The second kappa shape index (κ2) is 7.69. The van der Waals surface area contributed by atoms with Gasteiger partial charge in [-0.05, 0) is 31.0 Å². The van der Waals surface area contributed by atoms with Crippen molar-refractivity contribution in [3.8, 4) is 0 Å². The van der Waals surface area contributed by atoms with Crippen LogP contribution in [0.1, 0.15) is 40.1 Å². The van der Waals surface area contributed by atoms with Crippen LogP contribution in [0.5, 0.6) is 0 Å². The topological polar surface area (TPSA) is 69.4 Å². The van der Waals surface area contributed by atoms with Crippen LogP contribution in [0.4, 0.5) is 5.69 Å². The Morgan fingerprint density at radius 2 is 1.79 bits per heavy atom. The molecule has 1 atom stereocenters. The van der Waals surface area contributed by atoms with E-state index < -0.39 is 12.1 Å². The maximum Gasteiger partial charge on any atom is 0.341 e. The fourth-order valence-electron chi connectivity index (χ4n) is 2.17. The Morgan fingerprint density at radius 1 is 1.17 bits per heavy atom. The van der Waals surface area contributed by atoms with Crippen LogP contribution in [0.25, 0.3) is 0 Å². The Morgan fingerprint density at radius 3 is 2.38 bits per heavy atom. The highest BCUT2D eigenvalue weighted by Gasteiger charge is 2.22. The van der Waals surface area contributed by atoms with Gasteiger partial charge in [-0.3, -0.25) is 4.79 Å². The Labute approximate surface area is 150 Å². The number of carbonyl (C=O) groups is 2. The number of nitrogen functional groups attached to an aromatic ring is 1. The molecule has 0 heterocycles. The van der Waals surface area contributed by atoms with Crippen LogP contribution in [-0.4, -0.2) is 17.9 Å². The van der Waals surface area contributed by atoms with Crippen LogP contribution in [0.3, 0.4) is 0 Å². The average Bonchev–Trinajstić information content (AvgIpc) is 2.57. The second-order valence-electron chi connectivity index (χ2n) is 5.31. The van der Waals surface area contributed by atoms with Gasteiger partial charge in [-0.25, -0.2) is 4.79 Å². The molecule has 2 aromatic carbocycles. The lowest BCUT2D eigenvalue weighted by Crippen LogP contribution is -2.25. The minimum Gasteiger partial charge on any atom is -0.451 e. The molecule has 6 heteroatoms. The number of rotatable bonds is 5. The molecule has 2 aromatic rings. The van der Waals surface area contributed by atoms with Crippen LogP contribution in [0.15, 0.2) is 36.4 Å². The second-order valence-corrected chi connectivity index (χ2v) is 6.15. The predicted molar refractivity (Wildman–Crippen MR) is 95.9 cm³/mol. The summed E-state index contributed by atoms with van der Waals surface area (Å²) in [6.45, 7) is 3.54. The highest BCUT2D eigenvalue weighted by Crippen LogP contribution is 2.28. The number of hydrogen-bond donors (Lipinski definition) is 1. The molecule has 0 spiro atoms. The number of ketones is 1. The molecule has 2 rings (SSSR count). The molecule has 0 radical (unpaired) electrons. The molecule has 0 bridgehead atoms. The smallest absolute Gasteiger partial charge is 0.341 e. The zero-order valence-corrected chi connectivity index (χ0v) is 14.8. The number of benzene rings is 2. The highest BCUT2D eigenvalue weighted by molar-refractivity contribution is 6.37. The van der Waals surface area contributed by atoms with Crippen molar-refractivity contribution >= 4 is 40.6 Å². The Balaban J connectivity index is 2.14. The van der Waals surface area contributed by atoms with Gasteiger partial charge in [0.15, 0.2) is 6.10 Å². The van der Waals surface area contributed by atoms with E-state index in [2.05, 4.69) is 0 Å². The van der Waals surface area contributed by atoms with Gasteiger partial charge in [0, 0.05) is 10.6 Å². The first-order valence-electron chi connectivity index (χ1n) is 7.42. The number of carbonyl (C=O) groups excluding carboxylic acids is 2. The molecule has 24 heavy (non-hydrogen) atoms. The summed E-state index contributed by atoms with van der Waals surface area (Å²) in [6.07, 6.45) is -0.0736. The third kappa shape index (κ3) is 4.08. The van der Waals surface area contributed by atoms with Gasteiger partial charge < -0.3 is 10.5 Å². The van der Waals surface area contributed by atoms with Crippen LogP contribution in [0.2, 0.25) is 10.0 Å². The lowest BCUT2D eigenvalue weighted by atomic mass is 10.0. The van der Waals surface area contributed by atoms with Crippen molar-refractivity contribution in [2.24, 2.45) is 0 Å². The van der Waals surface area contributed by atoms with Gasteiger partial charge in [0.1, 0.15) is 0 Å². The van der Waals surface area contributed by atoms with E-state index in [1.165, 1.54) is 19.1 Å². The molecule has 0 unspecified atom stereocenters. The molecule has 0 aliphatic rings. The van der Waals surface area contributed by atoms with Crippen LogP contribution in [-0.2, 0) is 11.2 Å². The molecule has 0 amide bonds. The summed E-state index contributed by atoms with van der Waals surface area (Å²) in [4.78, 5) is 24.6. The molecule has 0 fully saturated rings. The van der Waals surface area contributed by atoms with Gasteiger partial charge >= 0.3 is 5.97 Å². The minimum absolute atomic E-state index is 0.0356. The molecular weight excluding hydrogens is 349 g/mol. The average molecular weight is 366 g/mol. The van der Waals surface area contributed by atoms with Crippen molar-refractivity contribution < 1.29 is 14.3 Å². The highest BCUT2D eigenvalue weighted by atomic mass is 35.5. The molecule has 0 aromatic heterocycles. The summed E-state index contributed by atoms with van der Waals surface area (Å²) in [7, 11) is 0. The summed E-state index contributed by atoms with van der Waals surface area (Å²) in [5, 5.41) is 0.416. The predicted octanol–water partition coefficient (Wildman–Crippen LogP) is 4.57. The van der Waals surface area contributed by atoms with Gasteiger partial charge in [0.2, 0.25) is 5.78 Å². The van der Waals surface area contributed by atoms with Gasteiger partial charge in [0.25, 0.3) is 0 Å². The number of esters is 1. The molecule has 0 saturated carbocycles. The lowest BCUT2D eigenvalue weighted by molar-refractivity contribution is 0.0320. The van der Waals surface area contributed by atoms with Gasteiger partial charge in [0.05, 0.1) is 16.3 Å². The first-order chi connectivity index (χ1) is 11.3. The number of aryl methyl sites for hydroxylation is 1. The first-order valence-corrected chi connectivity index (χ1v) is 8.17. The fraction of sp³-hybridized carbons (Fsp3) is 0.222. The summed E-state index contributed by atoms with van der Waals surface area (Å²) in [5.74, 6) is -1.04. The maximum atomic E-state index is 12.4. The number of hydrogen-bond acceptors (Lipinski definition) is 4. The Hall–Kier alpha value is -2.04. The molecule has 0 aliphatic heterocycles. The van der Waals surface area contributed by atoms with Crippen molar-refractivity contribution in [3.05, 3.63) is 63.1 Å². The van der Waals surface area contributed by atoms with Crippen molar-refractivity contribution in [1.29, 1.82) is 0 Å². The summed E-state index contributed by atoms with van der Waals surface area (Å²) in [5.41, 5.74) is 7.47. The van der Waals surface area contributed by atoms with E-state index in [0.717, 1.165) is 12.0 Å². The molecule has 2 N–H and O–H groups in total. The van der Waals surface area contributed by atoms with E-state index in [-0.39, 0.29) is 27.1 Å². The molecule has 126 valence electrons. The SMILES string of the molecule is CCc1ccc(C(=O)[C@H](C)OC(=O)c2cc(Cl)cc(Cl)c2N)cc1. The standard InChI is InChI=1S/C18H17Cl2NO3/c1-3-11-4-6-12(7-5-11)17(22)10(2)24-18(23)14-8-13(19)9-15(20)16(14)21/h4-10H,3,21H2,1-2H3/t10-/m0/s1.